The van der Waals surface area contributed by atoms with E-state index in [9.17, 15) is 0 Å². The van der Waals surface area contributed by atoms with Gasteiger partial charge in [-0.15, -0.1) is 0 Å². The van der Waals surface area contributed by atoms with E-state index in [1.165, 1.54) is 5.69 Å². The highest BCUT2D eigenvalue weighted by atomic mass is 16.5. The lowest BCUT2D eigenvalue weighted by atomic mass is 9.97. The van der Waals surface area contributed by atoms with Crippen molar-refractivity contribution in [1.82, 2.24) is 15.6 Å². The van der Waals surface area contributed by atoms with Gasteiger partial charge in [0, 0.05) is 64.3 Å². The minimum absolute atomic E-state index is 0.615. The fourth-order valence-electron chi connectivity index (χ4n) is 3.35. The van der Waals surface area contributed by atoms with Crippen LogP contribution in [0.15, 0.2) is 52.3 Å². The molecule has 28 heavy (non-hydrogen) atoms. The van der Waals surface area contributed by atoms with Crippen LogP contribution in [0.4, 0.5) is 5.69 Å². The molecule has 2 aromatic rings. The molecule has 1 fully saturated rings. The van der Waals surface area contributed by atoms with E-state index in [4.69, 9.17) is 14.1 Å². The van der Waals surface area contributed by atoms with E-state index in [1.807, 2.05) is 24.5 Å². The van der Waals surface area contributed by atoms with Crippen molar-refractivity contribution in [3.8, 4) is 0 Å². The number of furan rings is 1. The van der Waals surface area contributed by atoms with Crippen LogP contribution in [0.25, 0.3) is 0 Å². The Hall–Kier alpha value is -2.54. The van der Waals surface area contributed by atoms with Crippen LogP contribution in [-0.2, 0) is 11.2 Å². The molecule has 0 spiro atoms. The van der Waals surface area contributed by atoms with E-state index in [0.29, 0.717) is 12.5 Å². The van der Waals surface area contributed by atoms with Crippen molar-refractivity contribution in [2.45, 2.75) is 19.3 Å². The summed E-state index contributed by atoms with van der Waals surface area (Å²) < 4.78 is 10.5. The maximum atomic E-state index is 5.39. The topological polar surface area (TPSA) is 74.9 Å². The molecule has 0 unspecified atom stereocenters. The average molecular weight is 386 g/mol. The lowest BCUT2D eigenvalue weighted by Crippen LogP contribution is -2.41. The van der Waals surface area contributed by atoms with Crippen LogP contribution in [0.5, 0.6) is 0 Å². The Morgan fingerprint density at radius 2 is 2.00 bits per heavy atom. The van der Waals surface area contributed by atoms with Gasteiger partial charge in [0.15, 0.2) is 5.96 Å². The van der Waals surface area contributed by atoms with Crippen LogP contribution in [-0.4, -0.2) is 57.4 Å². The van der Waals surface area contributed by atoms with Crippen LogP contribution < -0.4 is 15.5 Å². The highest BCUT2D eigenvalue weighted by Crippen LogP contribution is 2.22. The molecular weight excluding hydrogens is 354 g/mol. The summed E-state index contributed by atoms with van der Waals surface area (Å²) in [6.45, 7) is 5.16. The van der Waals surface area contributed by atoms with Crippen LogP contribution in [0, 0.1) is 5.92 Å². The van der Waals surface area contributed by atoms with E-state index >= 15 is 0 Å². The number of nitrogens with zero attached hydrogens (tertiary/aromatic N) is 3. The first-order valence-corrected chi connectivity index (χ1v) is 10.0. The number of methoxy groups -OCH3 is 1. The van der Waals surface area contributed by atoms with Gasteiger partial charge in [-0.1, -0.05) is 0 Å². The standard InChI is InChI=1S/C21H31N5O2/c1-27-16-12-24-21(23-11-6-20-3-2-15-28-20)25-17-18-7-13-26(14-8-18)19-4-9-22-10-5-19/h2-5,9-10,15,18H,6-8,11-14,16-17H2,1H3,(H2,23,24,25). The molecule has 1 aliphatic rings. The zero-order chi connectivity index (χ0) is 19.4. The summed E-state index contributed by atoms with van der Waals surface area (Å²) >= 11 is 0. The van der Waals surface area contributed by atoms with Gasteiger partial charge in [-0.3, -0.25) is 9.98 Å². The number of nitrogens with one attached hydrogen (secondary N) is 2. The number of pyridine rings is 1. The lowest BCUT2D eigenvalue weighted by molar-refractivity contribution is 0.203. The van der Waals surface area contributed by atoms with Gasteiger partial charge in [-0.2, -0.15) is 0 Å². The van der Waals surface area contributed by atoms with Gasteiger partial charge in [0.25, 0.3) is 0 Å². The first-order valence-electron chi connectivity index (χ1n) is 10.0. The number of guanidine groups is 1. The van der Waals surface area contributed by atoms with E-state index in [0.717, 1.165) is 63.7 Å². The van der Waals surface area contributed by atoms with Crippen molar-refractivity contribution in [3.63, 3.8) is 0 Å². The van der Waals surface area contributed by atoms with Gasteiger partial charge in [-0.05, 0) is 43.0 Å². The van der Waals surface area contributed by atoms with E-state index in [1.54, 1.807) is 13.4 Å². The van der Waals surface area contributed by atoms with Gasteiger partial charge < -0.3 is 24.7 Å². The van der Waals surface area contributed by atoms with Crippen LogP contribution in [0.3, 0.4) is 0 Å². The van der Waals surface area contributed by atoms with Crippen molar-refractivity contribution >= 4 is 11.6 Å². The predicted octanol–water partition coefficient (Wildman–Crippen LogP) is 2.32. The summed E-state index contributed by atoms with van der Waals surface area (Å²) in [6.07, 6.45) is 8.57. The third-order valence-electron chi connectivity index (χ3n) is 4.99. The third-order valence-corrected chi connectivity index (χ3v) is 4.99. The quantitative estimate of drug-likeness (QED) is 0.392. The van der Waals surface area contributed by atoms with E-state index in [-0.39, 0.29) is 0 Å². The van der Waals surface area contributed by atoms with Gasteiger partial charge in [0.05, 0.1) is 12.9 Å². The second kappa shape index (κ2) is 11.3. The Kier molecular flexibility index (Phi) is 8.18. The summed E-state index contributed by atoms with van der Waals surface area (Å²) in [5.41, 5.74) is 1.26. The number of aliphatic imine (C=N–C) groups is 1. The molecule has 1 aliphatic heterocycles. The Balaban J connectivity index is 1.44. The minimum atomic E-state index is 0.615. The molecule has 0 aromatic carbocycles. The summed E-state index contributed by atoms with van der Waals surface area (Å²) in [5, 5.41) is 6.74. The van der Waals surface area contributed by atoms with Crippen molar-refractivity contribution in [2.75, 3.05) is 51.3 Å². The maximum Gasteiger partial charge on any atom is 0.191 e. The Morgan fingerprint density at radius 1 is 1.21 bits per heavy atom. The Labute approximate surface area is 167 Å². The second-order valence-electron chi connectivity index (χ2n) is 7.00. The molecule has 3 heterocycles. The smallest absolute Gasteiger partial charge is 0.191 e. The first kappa shape index (κ1) is 20.2. The molecule has 0 atom stereocenters. The molecular formula is C21H31N5O2. The fraction of sp³-hybridized carbons (Fsp3) is 0.524. The Bertz CT molecular complexity index is 682. The largest absolute Gasteiger partial charge is 0.469 e. The molecule has 2 aromatic heterocycles. The Morgan fingerprint density at radius 3 is 2.71 bits per heavy atom. The molecule has 1 saturated heterocycles. The zero-order valence-electron chi connectivity index (χ0n) is 16.6. The van der Waals surface area contributed by atoms with Gasteiger partial charge in [0.2, 0.25) is 0 Å². The maximum absolute atomic E-state index is 5.39. The molecule has 7 nitrogen and oxygen atoms in total. The van der Waals surface area contributed by atoms with Crippen molar-refractivity contribution in [2.24, 2.45) is 10.9 Å². The number of anilines is 1. The number of hydrogen-bond acceptors (Lipinski definition) is 5. The molecule has 152 valence electrons. The van der Waals surface area contributed by atoms with Gasteiger partial charge in [0.1, 0.15) is 5.76 Å². The summed E-state index contributed by atoms with van der Waals surface area (Å²) in [6, 6.07) is 8.07. The average Bonchev–Trinajstić information content (AvgIpc) is 3.26. The minimum Gasteiger partial charge on any atom is -0.469 e. The molecule has 0 saturated carbocycles. The van der Waals surface area contributed by atoms with E-state index in [2.05, 4.69) is 32.7 Å². The number of rotatable bonds is 9. The molecule has 0 radical (unpaired) electrons. The predicted molar refractivity (Wildman–Crippen MR) is 112 cm³/mol. The fourth-order valence-corrected chi connectivity index (χ4v) is 3.35. The van der Waals surface area contributed by atoms with Crippen LogP contribution in [0.1, 0.15) is 18.6 Å². The second-order valence-corrected chi connectivity index (χ2v) is 7.00. The molecule has 0 amide bonds. The number of aromatic nitrogens is 1. The molecule has 2 N–H and O–H groups in total. The molecule has 0 aliphatic carbocycles. The normalized spacial score (nSPS) is 15.6. The molecule has 3 rings (SSSR count). The molecule has 0 bridgehead atoms. The number of piperidine rings is 1. The summed E-state index contributed by atoms with van der Waals surface area (Å²) in [4.78, 5) is 11.3. The zero-order valence-corrected chi connectivity index (χ0v) is 16.6. The van der Waals surface area contributed by atoms with Crippen LogP contribution >= 0.6 is 0 Å². The third kappa shape index (κ3) is 6.56. The molecule has 7 heteroatoms. The van der Waals surface area contributed by atoms with Gasteiger partial charge >= 0.3 is 0 Å². The SMILES string of the molecule is COCCNC(=NCC1CCN(c2ccncc2)CC1)NCCc1ccco1. The highest BCUT2D eigenvalue weighted by Gasteiger charge is 2.19. The first-order chi connectivity index (χ1) is 13.8. The lowest BCUT2D eigenvalue weighted by Gasteiger charge is -2.33. The van der Waals surface area contributed by atoms with Crippen LogP contribution in [0.2, 0.25) is 0 Å². The van der Waals surface area contributed by atoms with Crippen molar-refractivity contribution < 1.29 is 9.15 Å². The monoisotopic (exact) mass is 385 g/mol. The van der Waals surface area contributed by atoms with E-state index < -0.39 is 0 Å². The number of ether oxygens (including phenoxy) is 1. The van der Waals surface area contributed by atoms with Crippen molar-refractivity contribution in [3.05, 3.63) is 48.7 Å². The highest BCUT2D eigenvalue weighted by molar-refractivity contribution is 5.79. The summed E-state index contributed by atoms with van der Waals surface area (Å²) in [7, 11) is 1.71. The summed E-state index contributed by atoms with van der Waals surface area (Å²) in [5.74, 6) is 2.44. The van der Waals surface area contributed by atoms with Crippen molar-refractivity contribution in [1.29, 1.82) is 0 Å². The van der Waals surface area contributed by atoms with Gasteiger partial charge in [-0.25, -0.2) is 0 Å². The number of hydrogen-bond donors (Lipinski definition) is 2.